The van der Waals surface area contributed by atoms with E-state index in [9.17, 15) is 0 Å². The van der Waals surface area contributed by atoms with Crippen LogP contribution in [0.1, 0.15) is 50.7 Å². The van der Waals surface area contributed by atoms with Crippen LogP contribution in [-0.4, -0.2) is 4.98 Å². The van der Waals surface area contributed by atoms with Crippen molar-refractivity contribution >= 4 is 11.0 Å². The third kappa shape index (κ3) is 1.62. The number of fused-ring (bicyclic) bond motifs is 1. The highest BCUT2D eigenvalue weighted by Gasteiger charge is 2.18. The molecule has 2 heteroatoms. The maximum Gasteiger partial charge on any atom is 0.242 e. The van der Waals surface area contributed by atoms with Gasteiger partial charge in [-0.2, -0.15) is 0 Å². The number of hydrogen-bond acceptors (Lipinski definition) is 0. The Kier molecular flexibility index (Phi) is 2.75. The Balaban J connectivity index is 2.79. The fourth-order valence-electron chi connectivity index (χ4n) is 2.33. The first-order chi connectivity index (χ1) is 7.52. The molecule has 0 aliphatic carbocycles. The molecule has 0 aliphatic rings. The molecule has 0 amide bonds. The quantitative estimate of drug-likeness (QED) is 0.745. The zero-order valence-corrected chi connectivity index (χ0v) is 10.8. The predicted octanol–water partition coefficient (Wildman–Crippen LogP) is 3.24. The first kappa shape index (κ1) is 11.2. The summed E-state index contributed by atoms with van der Waals surface area (Å²) in [6, 6.07) is 4.54. The maximum absolute atomic E-state index is 3.40. The van der Waals surface area contributed by atoms with Crippen LogP contribution >= 0.6 is 0 Å². The standard InChI is InChI=1S/C14H20N2/c1-9(2)11-6-7-12(10(3)4)14-13(11)15-8-16(14)5/h6-10H,1-5H3/p+1. The first-order valence-corrected chi connectivity index (χ1v) is 6.02. The lowest BCUT2D eigenvalue weighted by atomic mass is 9.95. The highest BCUT2D eigenvalue weighted by molar-refractivity contribution is 5.79. The van der Waals surface area contributed by atoms with Crippen molar-refractivity contribution in [1.82, 2.24) is 4.98 Å². The fraction of sp³-hybridized carbons (Fsp3) is 0.500. The lowest BCUT2D eigenvalue weighted by Gasteiger charge is -2.10. The summed E-state index contributed by atoms with van der Waals surface area (Å²) in [5.74, 6) is 1.12. The van der Waals surface area contributed by atoms with Gasteiger partial charge in [-0.15, -0.1) is 0 Å². The summed E-state index contributed by atoms with van der Waals surface area (Å²) < 4.78 is 2.19. The molecular weight excluding hydrogens is 196 g/mol. The number of hydrogen-bond donors (Lipinski definition) is 1. The van der Waals surface area contributed by atoms with Crippen LogP contribution in [0.4, 0.5) is 0 Å². The Morgan fingerprint density at radius 1 is 1.00 bits per heavy atom. The molecule has 1 aromatic carbocycles. The molecule has 2 nitrogen and oxygen atoms in total. The van der Waals surface area contributed by atoms with E-state index in [2.05, 4.69) is 56.4 Å². The lowest BCUT2D eigenvalue weighted by molar-refractivity contribution is -0.645. The highest BCUT2D eigenvalue weighted by atomic mass is 15.0. The minimum absolute atomic E-state index is 0.558. The summed E-state index contributed by atoms with van der Waals surface area (Å²) >= 11 is 0. The number of nitrogens with one attached hydrogen (secondary N) is 1. The smallest absolute Gasteiger partial charge is 0.242 e. The van der Waals surface area contributed by atoms with Gasteiger partial charge < -0.3 is 0 Å². The van der Waals surface area contributed by atoms with E-state index in [1.165, 1.54) is 22.2 Å². The van der Waals surface area contributed by atoms with E-state index in [1.54, 1.807) is 0 Å². The van der Waals surface area contributed by atoms with Gasteiger partial charge in [-0.05, 0) is 11.8 Å². The third-order valence-corrected chi connectivity index (χ3v) is 3.24. The summed E-state index contributed by atoms with van der Waals surface area (Å²) in [7, 11) is 2.11. The summed E-state index contributed by atoms with van der Waals surface area (Å²) in [5, 5.41) is 0. The molecule has 0 radical (unpaired) electrons. The Bertz CT molecular complexity index is 507. The molecule has 2 aromatic rings. The molecule has 0 fully saturated rings. The third-order valence-electron chi connectivity index (χ3n) is 3.24. The van der Waals surface area contributed by atoms with Crippen LogP contribution < -0.4 is 4.57 Å². The molecule has 16 heavy (non-hydrogen) atoms. The van der Waals surface area contributed by atoms with Gasteiger partial charge in [0, 0.05) is 11.1 Å². The number of benzene rings is 1. The zero-order chi connectivity index (χ0) is 11.9. The van der Waals surface area contributed by atoms with Gasteiger partial charge in [-0.3, -0.25) is 0 Å². The van der Waals surface area contributed by atoms with E-state index in [1.807, 2.05) is 6.33 Å². The molecule has 0 atom stereocenters. The van der Waals surface area contributed by atoms with Crippen molar-refractivity contribution in [2.75, 3.05) is 0 Å². The number of imidazole rings is 1. The molecule has 0 spiro atoms. The predicted molar refractivity (Wildman–Crippen MR) is 67.7 cm³/mol. The van der Waals surface area contributed by atoms with E-state index < -0.39 is 0 Å². The van der Waals surface area contributed by atoms with E-state index in [0.29, 0.717) is 11.8 Å². The molecule has 0 aliphatic heterocycles. The van der Waals surface area contributed by atoms with Crippen LogP contribution in [0.3, 0.4) is 0 Å². The maximum atomic E-state index is 3.40. The summed E-state index contributed by atoms with van der Waals surface area (Å²) in [6.45, 7) is 8.98. The van der Waals surface area contributed by atoms with Crippen molar-refractivity contribution < 1.29 is 4.57 Å². The monoisotopic (exact) mass is 217 g/mol. The first-order valence-electron chi connectivity index (χ1n) is 6.02. The van der Waals surface area contributed by atoms with Gasteiger partial charge in [0.05, 0.1) is 7.05 Å². The van der Waals surface area contributed by atoms with E-state index >= 15 is 0 Å². The Morgan fingerprint density at radius 3 is 2.12 bits per heavy atom. The van der Waals surface area contributed by atoms with Crippen molar-refractivity contribution in [2.24, 2.45) is 7.05 Å². The van der Waals surface area contributed by atoms with Gasteiger partial charge in [0.15, 0.2) is 11.0 Å². The number of aromatic nitrogens is 2. The van der Waals surface area contributed by atoms with Crippen LogP contribution in [0.15, 0.2) is 18.5 Å². The Morgan fingerprint density at radius 2 is 1.56 bits per heavy atom. The second-order valence-corrected chi connectivity index (χ2v) is 5.16. The van der Waals surface area contributed by atoms with Crippen molar-refractivity contribution in [3.05, 3.63) is 29.6 Å². The largest absolute Gasteiger partial charge is 0.243 e. The molecule has 86 valence electrons. The number of rotatable bonds is 2. The molecule has 0 unspecified atom stereocenters. The molecular formula is C14H21N2+. The zero-order valence-electron chi connectivity index (χ0n) is 10.8. The van der Waals surface area contributed by atoms with Gasteiger partial charge in [0.2, 0.25) is 6.33 Å². The number of nitrogens with zero attached hydrogens (tertiary/aromatic N) is 1. The molecule has 2 rings (SSSR count). The minimum atomic E-state index is 0.558. The van der Waals surface area contributed by atoms with Crippen molar-refractivity contribution in [3.8, 4) is 0 Å². The van der Waals surface area contributed by atoms with Crippen LogP contribution in [0.2, 0.25) is 0 Å². The molecule has 1 aromatic heterocycles. The van der Waals surface area contributed by atoms with Crippen LogP contribution in [0, 0.1) is 0 Å². The molecule has 0 saturated heterocycles. The average Bonchev–Trinajstić information content (AvgIpc) is 2.59. The molecule has 0 saturated carbocycles. The summed E-state index contributed by atoms with van der Waals surface area (Å²) in [5.41, 5.74) is 5.47. The van der Waals surface area contributed by atoms with Crippen LogP contribution in [0.5, 0.6) is 0 Å². The lowest BCUT2D eigenvalue weighted by Crippen LogP contribution is -2.26. The number of H-pyrrole nitrogens is 1. The SMILES string of the molecule is CC(C)c1ccc(C(C)C)c2c1[nH]c[n+]2C. The normalized spacial score (nSPS) is 11.9. The highest BCUT2D eigenvalue weighted by Crippen LogP contribution is 2.28. The van der Waals surface area contributed by atoms with Crippen molar-refractivity contribution in [2.45, 2.75) is 39.5 Å². The molecule has 0 bridgehead atoms. The van der Waals surface area contributed by atoms with Gasteiger partial charge >= 0.3 is 0 Å². The summed E-state index contributed by atoms with van der Waals surface area (Å²) in [6.07, 6.45) is 2.04. The summed E-state index contributed by atoms with van der Waals surface area (Å²) in [4.78, 5) is 3.40. The van der Waals surface area contributed by atoms with E-state index in [0.717, 1.165) is 0 Å². The van der Waals surface area contributed by atoms with Gasteiger partial charge in [0.1, 0.15) is 0 Å². The number of aromatic amines is 1. The van der Waals surface area contributed by atoms with Crippen molar-refractivity contribution in [3.63, 3.8) is 0 Å². The Labute approximate surface area is 97.3 Å². The van der Waals surface area contributed by atoms with Crippen LogP contribution in [-0.2, 0) is 7.05 Å². The van der Waals surface area contributed by atoms with E-state index in [4.69, 9.17) is 0 Å². The minimum Gasteiger partial charge on any atom is -0.243 e. The van der Waals surface area contributed by atoms with Gasteiger partial charge in [0.25, 0.3) is 0 Å². The van der Waals surface area contributed by atoms with Crippen molar-refractivity contribution in [1.29, 1.82) is 0 Å². The van der Waals surface area contributed by atoms with Gasteiger partial charge in [-0.1, -0.05) is 39.8 Å². The second-order valence-electron chi connectivity index (χ2n) is 5.16. The average molecular weight is 217 g/mol. The second kappa shape index (κ2) is 3.93. The Hall–Kier alpha value is -1.31. The van der Waals surface area contributed by atoms with Gasteiger partial charge in [-0.25, -0.2) is 9.55 Å². The molecule has 1 heterocycles. The topological polar surface area (TPSA) is 19.7 Å². The molecule has 1 N–H and O–H groups in total. The van der Waals surface area contributed by atoms with Crippen LogP contribution in [0.25, 0.3) is 11.0 Å². The van der Waals surface area contributed by atoms with E-state index in [-0.39, 0.29) is 0 Å². The fourth-order valence-corrected chi connectivity index (χ4v) is 2.33. The number of aryl methyl sites for hydroxylation is 1.